The number of benzene rings is 3. The third kappa shape index (κ3) is 7.58. The highest BCUT2D eigenvalue weighted by molar-refractivity contribution is 9.10. The number of hydrogen-bond acceptors (Lipinski definition) is 7. The molecule has 0 radical (unpaired) electrons. The van der Waals surface area contributed by atoms with E-state index in [1.54, 1.807) is 19.3 Å². The van der Waals surface area contributed by atoms with E-state index in [0.29, 0.717) is 40.0 Å². The lowest BCUT2D eigenvalue weighted by Gasteiger charge is -2.32. The Hall–Kier alpha value is -4.70. The lowest BCUT2D eigenvalue weighted by atomic mass is 9.90. The van der Waals surface area contributed by atoms with E-state index in [4.69, 9.17) is 0 Å². The number of likely N-dealkylation sites (tertiary alicyclic amines) is 1. The number of aromatic nitrogens is 2. The van der Waals surface area contributed by atoms with Gasteiger partial charge in [-0.15, -0.1) is 0 Å². The largest absolute Gasteiger partial charge is 0.381 e. The summed E-state index contributed by atoms with van der Waals surface area (Å²) in [4.78, 5) is 35.2. The van der Waals surface area contributed by atoms with E-state index in [2.05, 4.69) is 90.1 Å². The number of hydrogen-bond donors (Lipinski definition) is 4. The summed E-state index contributed by atoms with van der Waals surface area (Å²) in [5.74, 6) is 1.09. The first-order valence-electron chi connectivity index (χ1n) is 14.2. The molecule has 1 unspecified atom stereocenters. The summed E-state index contributed by atoms with van der Waals surface area (Å²) < 4.78 is 0.668. The van der Waals surface area contributed by atoms with Gasteiger partial charge in [0, 0.05) is 50.2 Å². The summed E-state index contributed by atoms with van der Waals surface area (Å²) in [7, 11) is 1.60. The highest BCUT2D eigenvalue weighted by Gasteiger charge is 2.23. The summed E-state index contributed by atoms with van der Waals surface area (Å²) in [5.41, 5.74) is 5.42. The van der Waals surface area contributed by atoms with Gasteiger partial charge in [-0.1, -0.05) is 43.0 Å². The van der Waals surface area contributed by atoms with Crippen molar-refractivity contribution < 1.29 is 9.59 Å². The third-order valence-electron chi connectivity index (χ3n) is 7.37. The molecule has 9 nitrogen and oxygen atoms in total. The van der Waals surface area contributed by atoms with Gasteiger partial charge in [-0.05, 0) is 82.4 Å². The minimum Gasteiger partial charge on any atom is -0.381 e. The molecule has 1 fully saturated rings. The molecule has 4 aromatic rings. The summed E-state index contributed by atoms with van der Waals surface area (Å²) in [6.07, 6.45) is 5.13. The zero-order valence-electron chi connectivity index (χ0n) is 23.9. The fraction of sp³-hybridized carbons (Fsp3) is 0.212. The van der Waals surface area contributed by atoms with Crippen LogP contribution in [0.5, 0.6) is 0 Å². The van der Waals surface area contributed by atoms with E-state index in [1.165, 1.54) is 11.6 Å². The number of halogens is 1. The molecule has 10 heteroatoms. The van der Waals surface area contributed by atoms with E-state index in [9.17, 15) is 9.59 Å². The van der Waals surface area contributed by atoms with Gasteiger partial charge in [0.05, 0.1) is 15.7 Å². The monoisotopic (exact) mass is 639 g/mol. The molecule has 1 aromatic heterocycles. The normalized spacial score (nSPS) is 14.5. The summed E-state index contributed by atoms with van der Waals surface area (Å²) >= 11 is 3.49. The van der Waals surface area contributed by atoms with Gasteiger partial charge >= 0.3 is 0 Å². The van der Waals surface area contributed by atoms with Crippen molar-refractivity contribution in [3.05, 3.63) is 113 Å². The Morgan fingerprint density at radius 2 is 1.86 bits per heavy atom. The molecule has 0 aliphatic carbocycles. The van der Waals surface area contributed by atoms with Crippen LogP contribution in [-0.4, -0.2) is 46.8 Å². The molecule has 2 amide bonds. The van der Waals surface area contributed by atoms with Gasteiger partial charge in [-0.25, -0.2) is 4.98 Å². The fourth-order valence-corrected chi connectivity index (χ4v) is 5.38. The molecule has 5 rings (SSSR count). The minimum absolute atomic E-state index is 0.00404. The number of anilines is 5. The standard InChI is InChI=1S/C33H34BrN7O2/c1-3-30(42)41-17-7-9-24(21-41)23-8-6-10-26(18-23)36-19-22-13-15-25(16-14-22)38-33-37-20-28(34)31(40-33)39-29-12-5-4-11-27(29)32(43)35-2/h3-6,8,10-16,18,20,24,36H,1,7,9,17,19,21H2,2H3,(H,35,43)(H2,37,38,39,40). The molecule has 2 heterocycles. The molecule has 43 heavy (non-hydrogen) atoms. The van der Waals surface area contributed by atoms with Crippen LogP contribution in [0, 0.1) is 0 Å². The Balaban J connectivity index is 1.20. The van der Waals surface area contributed by atoms with Crippen LogP contribution in [0.2, 0.25) is 0 Å². The first-order chi connectivity index (χ1) is 20.9. The number of carbonyl (C=O) groups excluding carboxylic acids is 2. The van der Waals surface area contributed by atoms with E-state index < -0.39 is 0 Å². The van der Waals surface area contributed by atoms with Gasteiger partial charge in [-0.2, -0.15) is 4.98 Å². The van der Waals surface area contributed by atoms with Crippen LogP contribution in [0.3, 0.4) is 0 Å². The van der Waals surface area contributed by atoms with Crippen LogP contribution in [0.4, 0.5) is 28.8 Å². The molecule has 0 bridgehead atoms. The number of carbonyl (C=O) groups is 2. The van der Waals surface area contributed by atoms with Gasteiger partial charge in [0.1, 0.15) is 5.82 Å². The maximum Gasteiger partial charge on any atom is 0.253 e. The van der Waals surface area contributed by atoms with Crippen molar-refractivity contribution in [2.24, 2.45) is 0 Å². The molecular formula is C33H34BrN7O2. The number of para-hydroxylation sites is 1. The number of piperidine rings is 1. The second-order valence-electron chi connectivity index (χ2n) is 10.3. The van der Waals surface area contributed by atoms with Crippen LogP contribution >= 0.6 is 15.9 Å². The second-order valence-corrected chi connectivity index (χ2v) is 11.1. The Labute approximate surface area is 260 Å². The Kier molecular flexibility index (Phi) is 9.68. The predicted molar refractivity (Wildman–Crippen MR) is 175 cm³/mol. The highest BCUT2D eigenvalue weighted by atomic mass is 79.9. The van der Waals surface area contributed by atoms with E-state index in [1.807, 2.05) is 35.2 Å². The van der Waals surface area contributed by atoms with Gasteiger partial charge in [0.25, 0.3) is 5.91 Å². The summed E-state index contributed by atoms with van der Waals surface area (Å²) in [6.45, 7) is 5.82. The van der Waals surface area contributed by atoms with Crippen molar-refractivity contribution in [2.75, 3.05) is 36.1 Å². The van der Waals surface area contributed by atoms with Crippen molar-refractivity contribution in [2.45, 2.75) is 25.3 Å². The van der Waals surface area contributed by atoms with Crippen molar-refractivity contribution in [3.8, 4) is 0 Å². The first-order valence-corrected chi connectivity index (χ1v) is 14.9. The predicted octanol–water partition coefficient (Wildman–Crippen LogP) is 6.59. The molecule has 220 valence electrons. The van der Waals surface area contributed by atoms with E-state index >= 15 is 0 Å². The second kappa shape index (κ2) is 14.0. The molecule has 1 aliphatic rings. The number of nitrogens with one attached hydrogen (secondary N) is 4. The first kappa shape index (κ1) is 29.8. The maximum absolute atomic E-state index is 12.3. The number of rotatable bonds is 10. The summed E-state index contributed by atoms with van der Waals surface area (Å²) in [5, 5.41) is 12.7. The van der Waals surface area contributed by atoms with Gasteiger partial charge in [0.2, 0.25) is 11.9 Å². The highest BCUT2D eigenvalue weighted by Crippen LogP contribution is 2.30. The molecule has 0 spiro atoms. The van der Waals surface area contributed by atoms with Crippen molar-refractivity contribution in [1.82, 2.24) is 20.2 Å². The Morgan fingerprint density at radius 3 is 2.65 bits per heavy atom. The smallest absolute Gasteiger partial charge is 0.253 e. The fourth-order valence-electron chi connectivity index (χ4n) is 5.09. The quantitative estimate of drug-likeness (QED) is 0.145. The molecule has 1 saturated heterocycles. The van der Waals surface area contributed by atoms with Crippen LogP contribution in [0.1, 0.15) is 40.2 Å². The zero-order valence-corrected chi connectivity index (χ0v) is 25.5. The minimum atomic E-state index is -0.189. The molecular weight excluding hydrogens is 606 g/mol. The van der Waals surface area contributed by atoms with Crippen LogP contribution in [-0.2, 0) is 11.3 Å². The number of amides is 2. The molecule has 1 atom stereocenters. The van der Waals surface area contributed by atoms with Crippen LogP contribution in [0.25, 0.3) is 0 Å². The molecule has 1 aliphatic heterocycles. The lowest BCUT2D eigenvalue weighted by Crippen LogP contribution is -2.38. The summed E-state index contributed by atoms with van der Waals surface area (Å²) in [6, 6.07) is 23.8. The van der Waals surface area contributed by atoms with E-state index in [0.717, 1.165) is 42.9 Å². The van der Waals surface area contributed by atoms with Gasteiger partial charge in [0.15, 0.2) is 0 Å². The van der Waals surface area contributed by atoms with Crippen molar-refractivity contribution in [1.29, 1.82) is 0 Å². The van der Waals surface area contributed by atoms with Gasteiger partial charge in [-0.3, -0.25) is 9.59 Å². The Morgan fingerprint density at radius 1 is 1.05 bits per heavy atom. The third-order valence-corrected chi connectivity index (χ3v) is 7.95. The average molecular weight is 641 g/mol. The topological polar surface area (TPSA) is 111 Å². The average Bonchev–Trinajstić information content (AvgIpc) is 3.05. The van der Waals surface area contributed by atoms with Crippen molar-refractivity contribution in [3.63, 3.8) is 0 Å². The SMILES string of the molecule is C=CC(=O)N1CCCC(c2cccc(NCc3ccc(Nc4ncc(Br)c(Nc5ccccc5C(=O)NC)n4)cc3)c2)C1. The van der Waals surface area contributed by atoms with Crippen LogP contribution < -0.4 is 21.3 Å². The Bertz CT molecular complexity index is 1610. The number of nitrogens with zero attached hydrogens (tertiary/aromatic N) is 3. The maximum atomic E-state index is 12.3. The lowest BCUT2D eigenvalue weighted by molar-refractivity contribution is -0.127. The molecule has 0 saturated carbocycles. The van der Waals surface area contributed by atoms with Crippen LogP contribution in [0.15, 0.2) is 96.1 Å². The molecule has 4 N–H and O–H groups in total. The van der Waals surface area contributed by atoms with Gasteiger partial charge < -0.3 is 26.2 Å². The zero-order chi connectivity index (χ0) is 30.2. The molecule has 3 aromatic carbocycles. The van der Waals surface area contributed by atoms with E-state index in [-0.39, 0.29) is 11.8 Å². The van der Waals surface area contributed by atoms with Crippen molar-refractivity contribution >= 4 is 56.6 Å².